The van der Waals surface area contributed by atoms with Gasteiger partial charge in [-0.3, -0.25) is 4.79 Å². The van der Waals surface area contributed by atoms with Crippen molar-refractivity contribution in [2.45, 2.75) is 38.0 Å². The molecule has 9 nitrogen and oxygen atoms in total. The molecule has 2 amide bonds. The van der Waals surface area contributed by atoms with E-state index in [-0.39, 0.29) is 36.1 Å². The van der Waals surface area contributed by atoms with Gasteiger partial charge in [-0.05, 0) is 43.5 Å². The number of nitrogens with two attached hydrogens (primary N) is 1. The Morgan fingerprint density at radius 2 is 1.97 bits per heavy atom. The molecule has 34 heavy (non-hydrogen) atoms. The van der Waals surface area contributed by atoms with Crippen molar-refractivity contribution in [3.8, 4) is 23.2 Å². The molecule has 6 rings (SSSR count). The molecular weight excluding hydrogens is 443 g/mol. The highest BCUT2D eigenvalue weighted by molar-refractivity contribution is 5.94. The lowest BCUT2D eigenvalue weighted by Crippen LogP contribution is -2.52. The fourth-order valence-electron chi connectivity index (χ4n) is 4.66. The molecule has 3 aliphatic heterocycles. The van der Waals surface area contributed by atoms with Crippen LogP contribution in [0, 0.1) is 23.6 Å². The number of aromatic nitrogens is 2. The first-order valence-electron chi connectivity index (χ1n) is 10.8. The monoisotopic (exact) mass is 466 g/mol. The average Bonchev–Trinajstić information content (AvgIpc) is 2.93. The number of imidazole rings is 1. The maximum absolute atomic E-state index is 14.8. The van der Waals surface area contributed by atoms with Crippen molar-refractivity contribution in [1.82, 2.24) is 14.5 Å². The Labute approximate surface area is 194 Å². The second-order valence-corrected chi connectivity index (χ2v) is 9.45. The third-order valence-corrected chi connectivity index (χ3v) is 6.44. The maximum atomic E-state index is 14.8. The van der Waals surface area contributed by atoms with Crippen molar-refractivity contribution in [3.05, 3.63) is 46.5 Å². The summed E-state index contributed by atoms with van der Waals surface area (Å²) < 4.78 is 16.6. The Balaban J connectivity index is 1.66. The number of aliphatic hydroxyl groups excluding tert-OH is 1. The summed E-state index contributed by atoms with van der Waals surface area (Å²) in [6.45, 7) is 3.23. The van der Waals surface area contributed by atoms with Crippen LogP contribution in [-0.2, 0) is 0 Å². The quantitative estimate of drug-likeness (QED) is 0.509. The van der Waals surface area contributed by atoms with Gasteiger partial charge in [0.15, 0.2) is 5.69 Å². The van der Waals surface area contributed by atoms with Crippen LogP contribution in [-0.4, -0.2) is 60.5 Å². The number of nitrogens with zero attached hydrogens (tertiary/aromatic N) is 3. The topological polar surface area (TPSA) is 142 Å². The van der Waals surface area contributed by atoms with Gasteiger partial charge in [-0.25, -0.2) is 14.2 Å². The van der Waals surface area contributed by atoms with Crippen molar-refractivity contribution in [3.63, 3.8) is 0 Å². The second-order valence-electron chi connectivity index (χ2n) is 9.45. The minimum Gasteiger partial charge on any atom is -0.465 e. The lowest BCUT2D eigenvalue weighted by molar-refractivity contribution is -0.00145. The highest BCUT2D eigenvalue weighted by atomic mass is 19.1. The van der Waals surface area contributed by atoms with E-state index in [1.807, 2.05) is 6.08 Å². The molecule has 0 radical (unpaired) electrons. The molecule has 10 heteroatoms. The number of carbonyl (C=O) groups excluding carboxylic acids is 1. The van der Waals surface area contributed by atoms with Gasteiger partial charge in [0.05, 0.1) is 17.3 Å². The molecule has 4 aliphatic rings. The van der Waals surface area contributed by atoms with Crippen LogP contribution in [0.5, 0.6) is 0 Å². The second kappa shape index (κ2) is 7.41. The molecule has 5 N–H and O–H groups in total. The molecule has 1 aromatic heterocycles. The lowest BCUT2D eigenvalue weighted by Gasteiger charge is -2.40. The van der Waals surface area contributed by atoms with Crippen LogP contribution in [0.15, 0.2) is 18.2 Å². The number of hydrogen-bond donors (Lipinski definition) is 4. The number of allylic oxidation sites excluding steroid dienone is 2. The summed E-state index contributed by atoms with van der Waals surface area (Å²) in [6, 6.07) is 2.68. The minimum atomic E-state index is -1.31. The highest BCUT2D eigenvalue weighted by Gasteiger charge is 2.43. The normalized spacial score (nSPS) is 19.4. The largest absolute Gasteiger partial charge is 0.465 e. The lowest BCUT2D eigenvalue weighted by atomic mass is 9.85. The third kappa shape index (κ3) is 3.45. The van der Waals surface area contributed by atoms with E-state index in [4.69, 9.17) is 10.8 Å². The Morgan fingerprint density at radius 1 is 1.29 bits per heavy atom. The van der Waals surface area contributed by atoms with E-state index in [2.05, 4.69) is 16.8 Å². The number of aliphatic hydroxyl groups is 2. The number of hydrogen-bond acceptors (Lipinski definition) is 5. The summed E-state index contributed by atoms with van der Waals surface area (Å²) in [5.41, 5.74) is 6.56. The van der Waals surface area contributed by atoms with Crippen molar-refractivity contribution in [1.29, 1.82) is 0 Å². The summed E-state index contributed by atoms with van der Waals surface area (Å²) in [6.07, 6.45) is 0.235. The van der Waals surface area contributed by atoms with Crippen molar-refractivity contribution in [2.75, 3.05) is 13.1 Å². The molecule has 0 saturated carbocycles. The number of carbonyl (C=O) groups is 2. The molecular formula is C24H23FN4O5. The Hall–Kier alpha value is -3.68. The van der Waals surface area contributed by atoms with Crippen molar-refractivity contribution < 1.29 is 29.3 Å². The minimum absolute atomic E-state index is 0.0638. The van der Waals surface area contributed by atoms with Crippen molar-refractivity contribution in [2.24, 2.45) is 11.7 Å². The summed E-state index contributed by atoms with van der Waals surface area (Å²) >= 11 is 0. The summed E-state index contributed by atoms with van der Waals surface area (Å²) in [5, 5.41) is 30.2. The molecule has 2 aromatic rings. The molecule has 2 atom stereocenters. The smallest absolute Gasteiger partial charge is 0.407 e. The first-order chi connectivity index (χ1) is 15.9. The van der Waals surface area contributed by atoms with E-state index < -0.39 is 35.4 Å². The van der Waals surface area contributed by atoms with Gasteiger partial charge in [-0.15, -0.1) is 0 Å². The molecule has 1 aromatic carbocycles. The Bertz CT molecular complexity index is 1340. The van der Waals surface area contributed by atoms with Crippen LogP contribution in [0.3, 0.4) is 0 Å². The molecule has 1 fully saturated rings. The van der Waals surface area contributed by atoms with Crippen LogP contribution >= 0.6 is 0 Å². The fourth-order valence-corrected chi connectivity index (χ4v) is 4.66. The molecule has 2 bridgehead atoms. The summed E-state index contributed by atoms with van der Waals surface area (Å²) in [4.78, 5) is 29.1. The van der Waals surface area contributed by atoms with E-state index in [1.165, 1.54) is 30.9 Å². The van der Waals surface area contributed by atoms with E-state index >= 15 is 0 Å². The van der Waals surface area contributed by atoms with Gasteiger partial charge < -0.3 is 30.5 Å². The summed E-state index contributed by atoms with van der Waals surface area (Å²) in [7, 11) is 0. The van der Waals surface area contributed by atoms with Gasteiger partial charge in [0, 0.05) is 24.6 Å². The van der Waals surface area contributed by atoms with E-state index in [9.17, 15) is 24.2 Å². The SMILES string of the molecule is CC(C)(O)C#Cc1cc2c(cc1F)C1=CC(C1)n1c-2nc(C(N)=O)c1C(O)C1CN(C(=O)O)C1. The molecule has 176 valence electrons. The zero-order chi connectivity index (χ0) is 24.5. The van der Waals surface area contributed by atoms with Gasteiger partial charge in [0.1, 0.15) is 23.3 Å². The first kappa shape index (κ1) is 22.1. The zero-order valence-corrected chi connectivity index (χ0v) is 18.5. The summed E-state index contributed by atoms with van der Waals surface area (Å²) in [5.74, 6) is 3.84. The number of benzene rings is 1. The number of carboxylic acid groups (broad SMARTS) is 1. The predicted molar refractivity (Wildman–Crippen MR) is 119 cm³/mol. The number of likely N-dealkylation sites (tertiary alicyclic amines) is 1. The zero-order valence-electron chi connectivity index (χ0n) is 18.5. The van der Waals surface area contributed by atoms with Crippen molar-refractivity contribution >= 4 is 17.6 Å². The van der Waals surface area contributed by atoms with Gasteiger partial charge in [-0.1, -0.05) is 17.9 Å². The van der Waals surface area contributed by atoms with Gasteiger partial charge >= 0.3 is 6.09 Å². The molecule has 1 aliphatic carbocycles. The average molecular weight is 466 g/mol. The van der Waals surface area contributed by atoms with Gasteiger partial charge in [0.25, 0.3) is 5.91 Å². The van der Waals surface area contributed by atoms with Crippen LogP contribution in [0.1, 0.15) is 59.7 Å². The standard InChI is InChI=1S/C24H23FN4O5/c1-24(2,34)4-3-11-7-16-15(8-17(11)25)12-5-14(6-12)29-19(18(21(26)31)27-22(16)29)20(30)13-9-28(10-13)23(32)33/h5,7-8,13-14,20,30,34H,6,9-10H2,1-2H3,(H2,26,31)(H,32,33). The fraction of sp³-hybridized carbons (Fsp3) is 0.375. The van der Waals surface area contributed by atoms with Gasteiger partial charge in [-0.2, -0.15) is 0 Å². The maximum Gasteiger partial charge on any atom is 0.407 e. The van der Waals surface area contributed by atoms with E-state index in [0.29, 0.717) is 23.4 Å². The highest BCUT2D eigenvalue weighted by Crippen LogP contribution is 2.49. The Kier molecular flexibility index (Phi) is 4.83. The van der Waals surface area contributed by atoms with Crippen LogP contribution in [0.4, 0.5) is 9.18 Å². The predicted octanol–water partition coefficient (Wildman–Crippen LogP) is 1.90. The number of rotatable bonds is 3. The third-order valence-electron chi connectivity index (χ3n) is 6.44. The van der Waals surface area contributed by atoms with Gasteiger partial charge in [0.2, 0.25) is 0 Å². The molecule has 4 heterocycles. The first-order valence-corrected chi connectivity index (χ1v) is 10.8. The van der Waals surface area contributed by atoms with E-state index in [1.54, 1.807) is 4.57 Å². The van der Waals surface area contributed by atoms with Crippen LogP contribution < -0.4 is 5.73 Å². The number of halogens is 1. The molecule has 2 unspecified atom stereocenters. The van der Waals surface area contributed by atoms with Crippen LogP contribution in [0.2, 0.25) is 0 Å². The molecule has 1 saturated heterocycles. The van der Waals surface area contributed by atoms with E-state index in [0.717, 1.165) is 5.57 Å². The van der Waals surface area contributed by atoms with Crippen LogP contribution in [0.25, 0.3) is 17.0 Å². The molecule has 0 spiro atoms. The number of primary amides is 1. The number of amides is 2. The Morgan fingerprint density at radius 3 is 2.56 bits per heavy atom.